The first-order valence-corrected chi connectivity index (χ1v) is 6.22. The largest absolute Gasteiger partial charge is 0.424 e. The number of rotatable bonds is 2. The molecule has 5 nitrogen and oxygen atoms in total. The number of carbonyl (C=O) groups excluding carboxylic acids is 1. The minimum atomic E-state index is -0.332. The lowest BCUT2D eigenvalue weighted by atomic mass is 10.1. The number of aromatic amines is 1. The highest BCUT2D eigenvalue weighted by atomic mass is 16.5. The molecule has 2 aromatic heterocycles. The van der Waals surface area contributed by atoms with Crippen LogP contribution in [-0.4, -0.2) is 20.9 Å². The second kappa shape index (κ2) is 4.77. The van der Waals surface area contributed by atoms with Gasteiger partial charge in [0.15, 0.2) is 5.75 Å². The molecule has 100 valence electrons. The summed E-state index contributed by atoms with van der Waals surface area (Å²) in [5, 5.41) is 0.872. The van der Waals surface area contributed by atoms with Crippen molar-refractivity contribution < 1.29 is 9.53 Å². The average molecular weight is 267 g/mol. The van der Waals surface area contributed by atoms with Crippen LogP contribution in [0.5, 0.6) is 5.75 Å². The molecule has 5 heteroatoms. The number of nitrogens with one attached hydrogen (secondary N) is 1. The van der Waals surface area contributed by atoms with Crippen molar-refractivity contribution in [3.63, 3.8) is 0 Å². The molecule has 0 unspecified atom stereocenters. The number of benzene rings is 1. The number of hydrogen-bond acceptors (Lipinski definition) is 4. The third-order valence-corrected chi connectivity index (χ3v) is 3.01. The van der Waals surface area contributed by atoms with Crippen LogP contribution in [0.2, 0.25) is 0 Å². The smallest absolute Gasteiger partial charge is 0.308 e. The Balaban J connectivity index is 2.03. The zero-order chi connectivity index (χ0) is 14.1. The fraction of sp³-hybridized carbons (Fsp3) is 0.133. The van der Waals surface area contributed by atoms with E-state index in [1.165, 1.54) is 6.92 Å². The number of H-pyrrole nitrogens is 1. The molecule has 0 bridgehead atoms. The van der Waals surface area contributed by atoms with Gasteiger partial charge in [0.25, 0.3) is 0 Å². The molecular weight excluding hydrogens is 254 g/mol. The van der Waals surface area contributed by atoms with Gasteiger partial charge in [0, 0.05) is 42.0 Å². The third kappa shape index (κ3) is 2.25. The lowest BCUT2D eigenvalue weighted by molar-refractivity contribution is -0.131. The van der Waals surface area contributed by atoms with Crippen molar-refractivity contribution in [1.82, 2.24) is 15.0 Å². The monoisotopic (exact) mass is 267 g/mol. The minimum Gasteiger partial charge on any atom is -0.424 e. The van der Waals surface area contributed by atoms with E-state index in [2.05, 4.69) is 15.0 Å². The number of esters is 1. The molecule has 20 heavy (non-hydrogen) atoms. The van der Waals surface area contributed by atoms with Gasteiger partial charge in [0.2, 0.25) is 0 Å². The van der Waals surface area contributed by atoms with E-state index in [0.29, 0.717) is 5.75 Å². The Labute approximate surface area is 115 Å². The van der Waals surface area contributed by atoms with Crippen LogP contribution < -0.4 is 4.74 Å². The SMILES string of the molecule is CC(=O)Oc1c[nH]c2cc(-c3cnc(C)nc3)ccc12. The second-order valence-corrected chi connectivity index (χ2v) is 4.53. The van der Waals surface area contributed by atoms with Gasteiger partial charge in [-0.05, 0) is 24.6 Å². The first-order valence-electron chi connectivity index (χ1n) is 6.22. The molecule has 3 aromatic rings. The Kier molecular flexibility index (Phi) is 2.95. The molecule has 0 saturated heterocycles. The Morgan fingerprint density at radius 3 is 2.65 bits per heavy atom. The topological polar surface area (TPSA) is 67.9 Å². The summed E-state index contributed by atoms with van der Waals surface area (Å²) in [6.07, 6.45) is 5.26. The standard InChI is InChI=1S/C15H13N3O2/c1-9-16-6-12(7-17-9)11-3-4-13-14(5-11)18-8-15(13)20-10(2)19/h3-8,18H,1-2H3. The van der Waals surface area contributed by atoms with Gasteiger partial charge >= 0.3 is 5.97 Å². The summed E-state index contributed by atoms with van der Waals surface area (Å²) < 4.78 is 5.13. The van der Waals surface area contributed by atoms with Gasteiger partial charge < -0.3 is 9.72 Å². The van der Waals surface area contributed by atoms with Gasteiger partial charge in [0.1, 0.15) is 5.82 Å². The van der Waals surface area contributed by atoms with Crippen molar-refractivity contribution in [2.24, 2.45) is 0 Å². The highest BCUT2D eigenvalue weighted by Gasteiger charge is 2.08. The molecule has 0 aliphatic rings. The molecule has 0 aliphatic heterocycles. The van der Waals surface area contributed by atoms with Crippen molar-refractivity contribution in [3.05, 3.63) is 42.6 Å². The molecule has 0 saturated carbocycles. The van der Waals surface area contributed by atoms with E-state index in [9.17, 15) is 4.79 Å². The molecule has 0 fully saturated rings. The normalized spacial score (nSPS) is 10.7. The summed E-state index contributed by atoms with van der Waals surface area (Å²) in [6.45, 7) is 3.24. The molecule has 0 amide bonds. The summed E-state index contributed by atoms with van der Waals surface area (Å²) in [6, 6.07) is 5.85. The van der Waals surface area contributed by atoms with Crippen molar-refractivity contribution in [2.45, 2.75) is 13.8 Å². The van der Waals surface area contributed by atoms with Gasteiger partial charge in [-0.15, -0.1) is 0 Å². The summed E-state index contributed by atoms with van der Waals surface area (Å²) in [4.78, 5) is 22.5. The van der Waals surface area contributed by atoms with Gasteiger partial charge in [-0.2, -0.15) is 0 Å². The number of fused-ring (bicyclic) bond motifs is 1. The average Bonchev–Trinajstić information content (AvgIpc) is 2.81. The van der Waals surface area contributed by atoms with Crippen LogP contribution in [0.4, 0.5) is 0 Å². The van der Waals surface area contributed by atoms with E-state index < -0.39 is 0 Å². The molecule has 0 spiro atoms. The van der Waals surface area contributed by atoms with Gasteiger partial charge in [0.05, 0.1) is 0 Å². The highest BCUT2D eigenvalue weighted by Crippen LogP contribution is 2.29. The van der Waals surface area contributed by atoms with Gasteiger partial charge in [-0.1, -0.05) is 6.07 Å². The molecular formula is C15H13N3O2. The van der Waals surface area contributed by atoms with Crippen LogP contribution in [0.3, 0.4) is 0 Å². The molecule has 1 N–H and O–H groups in total. The zero-order valence-electron chi connectivity index (χ0n) is 11.2. The summed E-state index contributed by atoms with van der Waals surface area (Å²) in [7, 11) is 0. The fourth-order valence-electron chi connectivity index (χ4n) is 2.06. The van der Waals surface area contributed by atoms with Gasteiger partial charge in [-0.3, -0.25) is 4.79 Å². The fourth-order valence-corrected chi connectivity index (χ4v) is 2.06. The Bertz CT molecular complexity index is 775. The molecule has 1 aromatic carbocycles. The minimum absolute atomic E-state index is 0.332. The molecule has 2 heterocycles. The second-order valence-electron chi connectivity index (χ2n) is 4.53. The number of nitrogens with zero attached hydrogens (tertiary/aromatic N) is 2. The van der Waals surface area contributed by atoms with Crippen LogP contribution >= 0.6 is 0 Å². The van der Waals surface area contributed by atoms with Crippen molar-refractivity contribution in [1.29, 1.82) is 0 Å². The van der Waals surface area contributed by atoms with E-state index in [-0.39, 0.29) is 5.97 Å². The van der Waals surface area contributed by atoms with Crippen LogP contribution in [0.25, 0.3) is 22.0 Å². The first kappa shape index (κ1) is 12.3. The Morgan fingerprint density at radius 2 is 1.95 bits per heavy atom. The summed E-state index contributed by atoms with van der Waals surface area (Å²) in [5.74, 6) is 0.952. The third-order valence-electron chi connectivity index (χ3n) is 3.01. The van der Waals surface area contributed by atoms with E-state index in [1.54, 1.807) is 18.6 Å². The zero-order valence-corrected chi connectivity index (χ0v) is 11.2. The van der Waals surface area contributed by atoms with Crippen molar-refractivity contribution in [3.8, 4) is 16.9 Å². The molecule has 0 atom stereocenters. The highest BCUT2D eigenvalue weighted by molar-refractivity contribution is 5.91. The maximum atomic E-state index is 11.0. The van der Waals surface area contributed by atoms with Crippen LogP contribution in [0, 0.1) is 6.92 Å². The number of hydrogen-bond donors (Lipinski definition) is 1. The number of ether oxygens (including phenoxy) is 1. The van der Waals surface area contributed by atoms with Crippen molar-refractivity contribution in [2.75, 3.05) is 0 Å². The van der Waals surface area contributed by atoms with E-state index in [0.717, 1.165) is 27.9 Å². The summed E-state index contributed by atoms with van der Waals surface area (Å²) in [5.41, 5.74) is 2.86. The van der Waals surface area contributed by atoms with E-state index in [4.69, 9.17) is 4.74 Å². The predicted molar refractivity (Wildman–Crippen MR) is 75.4 cm³/mol. The number of carbonyl (C=O) groups is 1. The predicted octanol–water partition coefficient (Wildman–Crippen LogP) is 2.86. The lowest BCUT2D eigenvalue weighted by Crippen LogP contribution is -2.00. The summed E-state index contributed by atoms with van der Waals surface area (Å²) >= 11 is 0. The van der Waals surface area contributed by atoms with Crippen LogP contribution in [0.1, 0.15) is 12.7 Å². The van der Waals surface area contributed by atoms with E-state index >= 15 is 0 Å². The number of aromatic nitrogens is 3. The Morgan fingerprint density at radius 1 is 1.20 bits per heavy atom. The molecule has 0 aliphatic carbocycles. The van der Waals surface area contributed by atoms with E-state index in [1.807, 2.05) is 25.1 Å². The molecule has 0 radical (unpaired) electrons. The first-order chi connectivity index (χ1) is 9.63. The number of aryl methyl sites for hydroxylation is 1. The Hall–Kier alpha value is -2.69. The van der Waals surface area contributed by atoms with Gasteiger partial charge in [-0.25, -0.2) is 9.97 Å². The maximum Gasteiger partial charge on any atom is 0.308 e. The van der Waals surface area contributed by atoms with Crippen molar-refractivity contribution >= 4 is 16.9 Å². The lowest BCUT2D eigenvalue weighted by Gasteiger charge is -2.02. The maximum absolute atomic E-state index is 11.0. The van der Waals surface area contributed by atoms with Crippen LogP contribution in [-0.2, 0) is 4.79 Å². The van der Waals surface area contributed by atoms with Crippen LogP contribution in [0.15, 0.2) is 36.8 Å². The quantitative estimate of drug-likeness (QED) is 0.725. The molecule has 3 rings (SSSR count).